The molecule has 8 nitrogen and oxygen atoms in total. The SMILES string of the molecule is CCCCOC(=O)C1=C(C)NC2=C(C(=O)CC(C)(C)C2)C1c1ccc(O)c([N+](=O)[O-])c1. The Labute approximate surface area is 181 Å². The lowest BCUT2D eigenvalue weighted by atomic mass is 9.68. The molecule has 1 heterocycles. The number of carbonyl (C=O) groups excluding carboxylic acids is 2. The van der Waals surface area contributed by atoms with Crippen molar-refractivity contribution in [1.29, 1.82) is 0 Å². The van der Waals surface area contributed by atoms with Gasteiger partial charge >= 0.3 is 11.7 Å². The van der Waals surface area contributed by atoms with E-state index in [2.05, 4.69) is 5.32 Å². The van der Waals surface area contributed by atoms with Crippen LogP contribution in [-0.2, 0) is 14.3 Å². The molecule has 0 saturated carbocycles. The maximum atomic E-state index is 13.2. The molecule has 166 valence electrons. The van der Waals surface area contributed by atoms with Crippen LogP contribution in [0.4, 0.5) is 5.69 Å². The molecule has 0 radical (unpaired) electrons. The molecule has 0 bridgehead atoms. The number of dihydropyridines is 1. The number of esters is 1. The Morgan fingerprint density at radius 2 is 2.06 bits per heavy atom. The van der Waals surface area contributed by atoms with E-state index in [0.717, 1.165) is 12.1 Å². The van der Waals surface area contributed by atoms with Gasteiger partial charge in [-0.25, -0.2) is 4.79 Å². The van der Waals surface area contributed by atoms with Crippen molar-refractivity contribution in [2.45, 2.75) is 59.3 Å². The third-order valence-corrected chi connectivity index (χ3v) is 5.72. The van der Waals surface area contributed by atoms with Crippen molar-refractivity contribution >= 4 is 17.4 Å². The monoisotopic (exact) mass is 428 g/mol. The van der Waals surface area contributed by atoms with Crippen LogP contribution >= 0.6 is 0 Å². The number of benzene rings is 1. The van der Waals surface area contributed by atoms with E-state index in [0.29, 0.717) is 36.1 Å². The fourth-order valence-electron chi connectivity index (χ4n) is 4.29. The summed E-state index contributed by atoms with van der Waals surface area (Å²) >= 11 is 0. The highest BCUT2D eigenvalue weighted by atomic mass is 16.6. The quantitative estimate of drug-likeness (QED) is 0.301. The highest BCUT2D eigenvalue weighted by Crippen LogP contribution is 2.47. The van der Waals surface area contributed by atoms with Crippen molar-refractivity contribution in [2.75, 3.05) is 6.61 Å². The Bertz CT molecular complexity index is 1010. The summed E-state index contributed by atoms with van der Waals surface area (Å²) in [6.07, 6.45) is 2.49. The molecule has 0 spiro atoms. The molecule has 1 unspecified atom stereocenters. The largest absolute Gasteiger partial charge is 0.502 e. The van der Waals surface area contributed by atoms with Gasteiger partial charge in [-0.1, -0.05) is 33.3 Å². The Balaban J connectivity index is 2.16. The van der Waals surface area contributed by atoms with Crippen molar-refractivity contribution in [3.63, 3.8) is 0 Å². The van der Waals surface area contributed by atoms with E-state index >= 15 is 0 Å². The summed E-state index contributed by atoms with van der Waals surface area (Å²) in [5.41, 5.74) is 1.67. The Hall–Kier alpha value is -3.16. The van der Waals surface area contributed by atoms with E-state index in [4.69, 9.17) is 4.74 Å². The zero-order valence-electron chi connectivity index (χ0n) is 18.3. The van der Waals surface area contributed by atoms with E-state index in [1.54, 1.807) is 6.92 Å². The molecule has 0 aromatic heterocycles. The lowest BCUT2D eigenvalue weighted by Gasteiger charge is -2.39. The number of nitro benzene ring substituents is 1. The van der Waals surface area contributed by atoms with Gasteiger partial charge in [-0.15, -0.1) is 0 Å². The van der Waals surface area contributed by atoms with Gasteiger partial charge in [0.25, 0.3) is 0 Å². The van der Waals surface area contributed by atoms with E-state index in [1.165, 1.54) is 18.2 Å². The minimum Gasteiger partial charge on any atom is -0.502 e. The summed E-state index contributed by atoms with van der Waals surface area (Å²) in [5, 5.41) is 24.5. The van der Waals surface area contributed by atoms with E-state index in [9.17, 15) is 24.8 Å². The smallest absolute Gasteiger partial charge is 0.336 e. The van der Waals surface area contributed by atoms with Crippen LogP contribution in [-0.4, -0.2) is 28.4 Å². The maximum Gasteiger partial charge on any atom is 0.336 e. The van der Waals surface area contributed by atoms with Gasteiger partial charge in [0.15, 0.2) is 11.5 Å². The topological polar surface area (TPSA) is 119 Å². The van der Waals surface area contributed by atoms with Crippen LogP contribution in [0.15, 0.2) is 40.7 Å². The summed E-state index contributed by atoms with van der Waals surface area (Å²) in [4.78, 5) is 36.9. The first-order chi connectivity index (χ1) is 14.6. The predicted octanol–water partition coefficient (Wildman–Crippen LogP) is 4.25. The second kappa shape index (κ2) is 8.53. The number of phenolic OH excluding ortho intramolecular Hbond substituents is 1. The molecule has 31 heavy (non-hydrogen) atoms. The molecule has 1 aromatic carbocycles. The first-order valence-corrected chi connectivity index (χ1v) is 10.4. The van der Waals surface area contributed by atoms with Gasteiger partial charge in [0.2, 0.25) is 0 Å². The van der Waals surface area contributed by atoms with Gasteiger partial charge in [0, 0.05) is 35.4 Å². The zero-order valence-corrected chi connectivity index (χ0v) is 18.3. The number of Topliss-reactive ketones (excluding diaryl/α,β-unsaturated/α-hetero) is 1. The molecule has 2 N–H and O–H groups in total. The van der Waals surface area contributed by atoms with Crippen molar-refractivity contribution < 1.29 is 24.4 Å². The van der Waals surface area contributed by atoms with Crippen molar-refractivity contribution in [1.82, 2.24) is 5.32 Å². The van der Waals surface area contributed by atoms with Gasteiger partial charge in [0.05, 0.1) is 17.1 Å². The summed E-state index contributed by atoms with van der Waals surface area (Å²) in [7, 11) is 0. The number of nitrogens with zero attached hydrogens (tertiary/aromatic N) is 1. The maximum absolute atomic E-state index is 13.2. The molecule has 1 aliphatic heterocycles. The summed E-state index contributed by atoms with van der Waals surface area (Å²) in [5.74, 6) is -1.93. The molecule has 8 heteroatoms. The second-order valence-corrected chi connectivity index (χ2v) is 8.92. The van der Waals surface area contributed by atoms with Crippen molar-refractivity contribution in [3.05, 3.63) is 56.4 Å². The molecule has 3 rings (SSSR count). The number of carbonyl (C=O) groups is 2. The molecule has 0 saturated heterocycles. The number of nitrogens with one attached hydrogen (secondary N) is 1. The number of unbranched alkanes of at least 4 members (excludes halogenated alkanes) is 1. The van der Waals surface area contributed by atoms with Crippen molar-refractivity contribution in [3.8, 4) is 5.75 Å². The van der Waals surface area contributed by atoms with Crippen LogP contribution in [0.1, 0.15) is 64.9 Å². The van der Waals surface area contributed by atoms with Crippen LogP contribution < -0.4 is 5.32 Å². The number of allylic oxidation sites excluding steroid dienone is 3. The van der Waals surface area contributed by atoms with E-state index in [1.807, 2.05) is 20.8 Å². The third kappa shape index (κ3) is 4.47. The average molecular weight is 428 g/mol. The number of ether oxygens (including phenoxy) is 1. The first kappa shape index (κ1) is 22.5. The van der Waals surface area contributed by atoms with Gasteiger partial charge in [0.1, 0.15) is 0 Å². The molecule has 0 fully saturated rings. The highest BCUT2D eigenvalue weighted by molar-refractivity contribution is 6.04. The second-order valence-electron chi connectivity index (χ2n) is 8.92. The van der Waals surface area contributed by atoms with E-state index < -0.39 is 28.2 Å². The number of ketones is 1. The average Bonchev–Trinajstić information content (AvgIpc) is 2.66. The predicted molar refractivity (Wildman–Crippen MR) is 114 cm³/mol. The van der Waals surface area contributed by atoms with Gasteiger partial charge < -0.3 is 15.2 Å². The Morgan fingerprint density at radius 1 is 1.35 bits per heavy atom. The number of phenols is 1. The number of rotatable bonds is 6. The molecular formula is C23H28N2O6. The molecule has 1 aliphatic carbocycles. The van der Waals surface area contributed by atoms with Gasteiger partial charge in [-0.3, -0.25) is 14.9 Å². The minimum absolute atomic E-state index is 0.106. The molecule has 1 atom stereocenters. The zero-order chi connectivity index (χ0) is 22.9. The van der Waals surface area contributed by atoms with Crippen molar-refractivity contribution in [2.24, 2.45) is 5.41 Å². The van der Waals surface area contributed by atoms with Crippen LogP contribution in [0, 0.1) is 15.5 Å². The lowest BCUT2D eigenvalue weighted by Crippen LogP contribution is -2.38. The van der Waals surface area contributed by atoms with Crippen LogP contribution in [0.2, 0.25) is 0 Å². The van der Waals surface area contributed by atoms with Crippen LogP contribution in [0.3, 0.4) is 0 Å². The summed E-state index contributed by atoms with van der Waals surface area (Å²) in [6, 6.07) is 3.97. The van der Waals surface area contributed by atoms with E-state index in [-0.39, 0.29) is 23.4 Å². The Kier molecular flexibility index (Phi) is 6.20. The van der Waals surface area contributed by atoms with Crippen LogP contribution in [0.5, 0.6) is 5.75 Å². The number of hydrogen-bond donors (Lipinski definition) is 2. The van der Waals surface area contributed by atoms with Gasteiger partial charge in [-0.05, 0) is 36.8 Å². The molecule has 2 aliphatic rings. The first-order valence-electron chi connectivity index (χ1n) is 10.4. The molecule has 0 amide bonds. The summed E-state index contributed by atoms with van der Waals surface area (Å²) < 4.78 is 5.45. The fraction of sp³-hybridized carbons (Fsp3) is 0.478. The lowest BCUT2D eigenvalue weighted by molar-refractivity contribution is -0.385. The standard InChI is InChI=1S/C23H28N2O6/c1-5-6-9-31-22(28)19-13(2)24-15-11-23(3,4)12-18(27)21(15)20(19)14-7-8-17(26)16(10-14)25(29)30/h7-8,10,20,24,26H,5-6,9,11-12H2,1-4H3. The minimum atomic E-state index is -0.798. The number of aromatic hydroxyl groups is 1. The number of hydrogen-bond acceptors (Lipinski definition) is 7. The Morgan fingerprint density at radius 3 is 2.71 bits per heavy atom. The molecule has 1 aromatic rings. The fourth-order valence-corrected chi connectivity index (χ4v) is 4.29. The van der Waals surface area contributed by atoms with Gasteiger partial charge in [-0.2, -0.15) is 0 Å². The normalized spacial score (nSPS) is 20.3. The third-order valence-electron chi connectivity index (χ3n) is 5.72. The number of nitro groups is 1. The summed E-state index contributed by atoms with van der Waals surface area (Å²) in [6.45, 7) is 7.99. The molecular weight excluding hydrogens is 400 g/mol. The highest BCUT2D eigenvalue weighted by Gasteiger charge is 2.43. The van der Waals surface area contributed by atoms with Crippen LogP contribution in [0.25, 0.3) is 0 Å².